The largest absolute Gasteiger partial charge is 0.439 e. The van der Waals surface area contributed by atoms with E-state index < -0.39 is 0 Å². The Morgan fingerprint density at radius 3 is 2.61 bits per heavy atom. The monoisotopic (exact) mass is 237 g/mol. The summed E-state index contributed by atoms with van der Waals surface area (Å²) in [4.78, 5) is 7.81. The molecule has 0 atom stereocenters. The van der Waals surface area contributed by atoms with Gasteiger partial charge in [0, 0.05) is 12.3 Å². The average Bonchev–Trinajstić information content (AvgIpc) is 2.39. The van der Waals surface area contributed by atoms with Crippen molar-refractivity contribution in [1.29, 1.82) is 0 Å². The molecule has 0 saturated carbocycles. The van der Waals surface area contributed by atoms with Crippen molar-refractivity contribution in [2.75, 3.05) is 5.73 Å². The number of rotatable bonds is 2. The van der Waals surface area contributed by atoms with E-state index >= 15 is 0 Å². The first-order valence-corrected chi connectivity index (χ1v) is 5.56. The van der Waals surface area contributed by atoms with Crippen LogP contribution in [0.1, 0.15) is 0 Å². The summed E-state index contributed by atoms with van der Waals surface area (Å²) in [5, 5.41) is 2.30. The molecule has 0 unspecified atom stereocenters. The lowest BCUT2D eigenvalue weighted by molar-refractivity contribution is 0.463. The van der Waals surface area contributed by atoms with Crippen molar-refractivity contribution < 1.29 is 4.74 Å². The van der Waals surface area contributed by atoms with Crippen molar-refractivity contribution in [3.63, 3.8) is 0 Å². The number of fused-ring (bicyclic) bond motifs is 1. The second-order valence-corrected chi connectivity index (χ2v) is 3.86. The zero-order valence-electron chi connectivity index (χ0n) is 9.58. The minimum absolute atomic E-state index is 0.202. The Bertz CT molecular complexity index is 697. The van der Waals surface area contributed by atoms with Crippen molar-refractivity contribution in [2.24, 2.45) is 0 Å². The van der Waals surface area contributed by atoms with Crippen molar-refractivity contribution in [3.8, 4) is 11.6 Å². The van der Waals surface area contributed by atoms with E-state index in [-0.39, 0.29) is 5.95 Å². The molecule has 3 rings (SSSR count). The molecule has 18 heavy (non-hydrogen) atoms. The molecule has 0 aliphatic carbocycles. The van der Waals surface area contributed by atoms with Crippen molar-refractivity contribution in [3.05, 3.63) is 54.7 Å². The summed E-state index contributed by atoms with van der Waals surface area (Å²) in [6.45, 7) is 0. The summed E-state index contributed by atoms with van der Waals surface area (Å²) < 4.78 is 5.64. The molecule has 4 heteroatoms. The summed E-state index contributed by atoms with van der Waals surface area (Å²) in [6.07, 6.45) is 1.57. The van der Waals surface area contributed by atoms with Crippen LogP contribution in [-0.4, -0.2) is 9.97 Å². The first kappa shape index (κ1) is 10.5. The molecule has 0 bridgehead atoms. The van der Waals surface area contributed by atoms with E-state index in [9.17, 15) is 0 Å². The minimum atomic E-state index is 0.202. The standard InChI is InChI=1S/C14H11N3O/c15-14-16-8-7-13(17-14)18-12-6-5-10-3-1-2-4-11(10)9-12/h1-9H,(H2,15,16,17). The van der Waals surface area contributed by atoms with Crippen LogP contribution in [0.5, 0.6) is 11.6 Å². The van der Waals surface area contributed by atoms with Crippen LogP contribution in [0.3, 0.4) is 0 Å². The zero-order chi connectivity index (χ0) is 12.4. The second kappa shape index (κ2) is 4.33. The van der Waals surface area contributed by atoms with Gasteiger partial charge in [-0.05, 0) is 22.9 Å². The molecule has 0 radical (unpaired) electrons. The van der Waals surface area contributed by atoms with Gasteiger partial charge in [-0.2, -0.15) is 4.98 Å². The molecule has 0 aliphatic rings. The highest BCUT2D eigenvalue weighted by Crippen LogP contribution is 2.24. The fourth-order valence-corrected chi connectivity index (χ4v) is 1.76. The van der Waals surface area contributed by atoms with E-state index in [2.05, 4.69) is 16.0 Å². The van der Waals surface area contributed by atoms with Crippen molar-refractivity contribution in [2.45, 2.75) is 0 Å². The number of nitrogen functional groups attached to an aromatic ring is 1. The van der Waals surface area contributed by atoms with Crippen LogP contribution >= 0.6 is 0 Å². The highest BCUT2D eigenvalue weighted by atomic mass is 16.5. The Morgan fingerprint density at radius 1 is 0.944 bits per heavy atom. The number of benzene rings is 2. The van der Waals surface area contributed by atoms with Crippen molar-refractivity contribution in [1.82, 2.24) is 9.97 Å². The van der Waals surface area contributed by atoms with E-state index in [1.165, 1.54) is 5.39 Å². The van der Waals surface area contributed by atoms with Gasteiger partial charge in [0.2, 0.25) is 11.8 Å². The van der Waals surface area contributed by atoms with Crippen LogP contribution in [0.4, 0.5) is 5.95 Å². The maximum atomic E-state index is 5.64. The fraction of sp³-hybridized carbons (Fsp3) is 0. The smallest absolute Gasteiger partial charge is 0.224 e. The average molecular weight is 237 g/mol. The van der Waals surface area contributed by atoms with Crippen LogP contribution < -0.4 is 10.5 Å². The molecule has 0 aliphatic heterocycles. The summed E-state index contributed by atoms with van der Waals surface area (Å²) in [6, 6.07) is 15.6. The SMILES string of the molecule is Nc1nccc(Oc2ccc3ccccc3c2)n1. The van der Waals surface area contributed by atoms with Gasteiger partial charge in [-0.15, -0.1) is 0 Å². The molecular weight excluding hydrogens is 226 g/mol. The lowest BCUT2D eigenvalue weighted by Gasteiger charge is -2.05. The van der Waals surface area contributed by atoms with Gasteiger partial charge in [-0.3, -0.25) is 0 Å². The summed E-state index contributed by atoms with van der Waals surface area (Å²) in [7, 11) is 0. The number of nitrogens with two attached hydrogens (primary N) is 1. The lowest BCUT2D eigenvalue weighted by Crippen LogP contribution is -1.95. The molecule has 1 aromatic heterocycles. The van der Waals surface area contributed by atoms with E-state index in [4.69, 9.17) is 10.5 Å². The maximum absolute atomic E-state index is 5.64. The number of hydrogen-bond acceptors (Lipinski definition) is 4. The highest BCUT2D eigenvalue weighted by Gasteiger charge is 2.01. The molecule has 2 N–H and O–H groups in total. The lowest BCUT2D eigenvalue weighted by atomic mass is 10.1. The quantitative estimate of drug-likeness (QED) is 0.744. The normalized spacial score (nSPS) is 10.4. The third-order valence-corrected chi connectivity index (χ3v) is 2.59. The van der Waals surface area contributed by atoms with E-state index in [0.29, 0.717) is 5.88 Å². The highest BCUT2D eigenvalue weighted by molar-refractivity contribution is 5.83. The maximum Gasteiger partial charge on any atom is 0.224 e. The summed E-state index contributed by atoms with van der Waals surface area (Å²) in [5.74, 6) is 1.37. The Kier molecular flexibility index (Phi) is 2.53. The number of aromatic nitrogens is 2. The number of ether oxygens (including phenoxy) is 1. The van der Waals surface area contributed by atoms with E-state index in [0.717, 1.165) is 11.1 Å². The van der Waals surface area contributed by atoms with Gasteiger partial charge in [0.25, 0.3) is 0 Å². The number of hydrogen-bond donors (Lipinski definition) is 1. The Balaban J connectivity index is 1.95. The minimum Gasteiger partial charge on any atom is -0.439 e. The topological polar surface area (TPSA) is 61.0 Å². The Labute approximate surface area is 104 Å². The van der Waals surface area contributed by atoms with Crippen molar-refractivity contribution >= 4 is 16.7 Å². The molecule has 0 fully saturated rings. The molecule has 88 valence electrons. The Morgan fingerprint density at radius 2 is 1.78 bits per heavy atom. The van der Waals surface area contributed by atoms with Crippen LogP contribution in [0.15, 0.2) is 54.7 Å². The second-order valence-electron chi connectivity index (χ2n) is 3.86. The predicted molar refractivity (Wildman–Crippen MR) is 70.5 cm³/mol. The fourth-order valence-electron chi connectivity index (χ4n) is 1.76. The molecule has 0 spiro atoms. The van der Waals surface area contributed by atoms with E-state index in [1.807, 2.05) is 36.4 Å². The third kappa shape index (κ3) is 2.08. The van der Waals surface area contributed by atoms with E-state index in [1.54, 1.807) is 12.3 Å². The van der Waals surface area contributed by atoms with Crippen LogP contribution in [0.25, 0.3) is 10.8 Å². The van der Waals surface area contributed by atoms with Crippen LogP contribution in [0.2, 0.25) is 0 Å². The summed E-state index contributed by atoms with van der Waals surface area (Å²) >= 11 is 0. The van der Waals surface area contributed by atoms with Gasteiger partial charge >= 0.3 is 0 Å². The molecular formula is C14H11N3O. The number of nitrogens with zero attached hydrogens (tertiary/aromatic N) is 2. The van der Waals surface area contributed by atoms with Gasteiger partial charge in [-0.25, -0.2) is 4.98 Å². The molecule has 0 amide bonds. The van der Waals surface area contributed by atoms with Crippen LogP contribution in [0, 0.1) is 0 Å². The summed E-state index contributed by atoms with van der Waals surface area (Å²) in [5.41, 5.74) is 5.50. The first-order valence-electron chi connectivity index (χ1n) is 5.56. The molecule has 1 heterocycles. The number of anilines is 1. The van der Waals surface area contributed by atoms with Gasteiger partial charge in [0.15, 0.2) is 0 Å². The predicted octanol–water partition coefficient (Wildman–Crippen LogP) is 3.00. The molecule has 4 nitrogen and oxygen atoms in total. The van der Waals surface area contributed by atoms with Gasteiger partial charge in [0.05, 0.1) is 0 Å². The van der Waals surface area contributed by atoms with Gasteiger partial charge in [0.1, 0.15) is 5.75 Å². The molecule has 3 aromatic rings. The van der Waals surface area contributed by atoms with Gasteiger partial charge in [-0.1, -0.05) is 30.3 Å². The molecule has 2 aromatic carbocycles. The van der Waals surface area contributed by atoms with Gasteiger partial charge < -0.3 is 10.5 Å². The Hall–Kier alpha value is -2.62. The zero-order valence-corrected chi connectivity index (χ0v) is 9.58. The molecule has 0 saturated heterocycles. The van der Waals surface area contributed by atoms with Crippen LogP contribution in [-0.2, 0) is 0 Å². The third-order valence-electron chi connectivity index (χ3n) is 2.59. The first-order chi connectivity index (χ1) is 8.81.